The Morgan fingerprint density at radius 1 is 1.19 bits per heavy atom. The lowest BCUT2D eigenvalue weighted by molar-refractivity contribution is -0.136. The lowest BCUT2D eigenvalue weighted by Crippen LogP contribution is -2.19. The van der Waals surface area contributed by atoms with Crippen LogP contribution in [-0.4, -0.2) is 17.3 Å². The van der Waals surface area contributed by atoms with Crippen LogP contribution in [0.15, 0.2) is 30.5 Å². The summed E-state index contributed by atoms with van der Waals surface area (Å²) in [5.41, 5.74) is 1.99. The number of hydrogen-bond donors (Lipinski definition) is 1. The third kappa shape index (κ3) is 4.49. The second-order valence-electron chi connectivity index (χ2n) is 5.75. The molecule has 116 valence electrons. The maximum Gasteiger partial charge on any atom is 0.390 e. The van der Waals surface area contributed by atoms with E-state index in [-0.39, 0.29) is 6.54 Å². The number of halogens is 3. The average Bonchev–Trinajstić information content (AvgIpc) is 2.79. The molecule has 5 heteroatoms. The minimum atomic E-state index is -4.12. The molecule has 0 aliphatic rings. The number of hydrogen-bond acceptors (Lipinski definition) is 1. The minimum Gasteiger partial charge on any atom is -0.347 e. The molecule has 0 spiro atoms. The summed E-state index contributed by atoms with van der Waals surface area (Å²) in [6, 6.07) is 7.69. The predicted molar refractivity (Wildman–Crippen MR) is 79.2 cm³/mol. The van der Waals surface area contributed by atoms with Crippen molar-refractivity contribution in [2.45, 2.75) is 39.5 Å². The van der Waals surface area contributed by atoms with Crippen molar-refractivity contribution in [3.8, 4) is 0 Å². The number of aryl methyl sites for hydroxylation is 1. The standard InChI is InChI=1S/C16H21F3N2/c1-12(2)10-20-11-13-4-3-5-15-14(13)6-8-21(15)9-7-16(17,18)19/h3-6,8,12,20H,7,9-11H2,1-2H3. The van der Waals surface area contributed by atoms with Crippen molar-refractivity contribution in [1.82, 2.24) is 9.88 Å². The van der Waals surface area contributed by atoms with E-state index in [1.807, 2.05) is 24.3 Å². The number of nitrogens with one attached hydrogen (secondary N) is 1. The molecule has 2 nitrogen and oxygen atoms in total. The summed E-state index contributed by atoms with van der Waals surface area (Å²) in [5, 5.41) is 4.39. The van der Waals surface area contributed by atoms with Crippen molar-refractivity contribution in [2.75, 3.05) is 6.54 Å². The van der Waals surface area contributed by atoms with Crippen LogP contribution < -0.4 is 5.32 Å². The zero-order valence-electron chi connectivity index (χ0n) is 12.4. The first kappa shape index (κ1) is 15.9. The highest BCUT2D eigenvalue weighted by Crippen LogP contribution is 2.24. The van der Waals surface area contributed by atoms with Gasteiger partial charge < -0.3 is 9.88 Å². The lowest BCUT2D eigenvalue weighted by Gasteiger charge is -2.10. The van der Waals surface area contributed by atoms with Crippen molar-refractivity contribution >= 4 is 10.9 Å². The van der Waals surface area contributed by atoms with E-state index < -0.39 is 12.6 Å². The molecule has 0 atom stereocenters. The molecule has 0 saturated carbocycles. The molecule has 1 heterocycles. The van der Waals surface area contributed by atoms with Crippen molar-refractivity contribution in [3.63, 3.8) is 0 Å². The van der Waals surface area contributed by atoms with Crippen LogP contribution in [0.1, 0.15) is 25.8 Å². The van der Waals surface area contributed by atoms with Crippen LogP contribution in [0.5, 0.6) is 0 Å². The molecule has 0 unspecified atom stereocenters. The Hall–Kier alpha value is -1.49. The van der Waals surface area contributed by atoms with Crippen molar-refractivity contribution < 1.29 is 13.2 Å². The largest absolute Gasteiger partial charge is 0.390 e. The molecule has 2 rings (SSSR count). The van der Waals surface area contributed by atoms with Crippen molar-refractivity contribution in [1.29, 1.82) is 0 Å². The van der Waals surface area contributed by atoms with Gasteiger partial charge in [0.2, 0.25) is 0 Å². The van der Waals surface area contributed by atoms with Gasteiger partial charge in [0.1, 0.15) is 0 Å². The van der Waals surface area contributed by atoms with Crippen LogP contribution in [0.3, 0.4) is 0 Å². The third-order valence-electron chi connectivity index (χ3n) is 3.41. The molecule has 2 aromatic rings. The zero-order chi connectivity index (χ0) is 15.5. The van der Waals surface area contributed by atoms with Crippen molar-refractivity contribution in [3.05, 3.63) is 36.0 Å². The molecule has 0 amide bonds. The molecule has 1 aromatic heterocycles. The Morgan fingerprint density at radius 3 is 2.62 bits per heavy atom. The first-order chi connectivity index (χ1) is 9.87. The molecule has 0 aliphatic heterocycles. The highest BCUT2D eigenvalue weighted by Gasteiger charge is 2.26. The molecule has 0 saturated heterocycles. The molecule has 0 aliphatic carbocycles. The number of rotatable bonds is 6. The highest BCUT2D eigenvalue weighted by molar-refractivity contribution is 5.83. The third-order valence-corrected chi connectivity index (χ3v) is 3.41. The van der Waals surface area contributed by atoms with Gasteiger partial charge in [-0.1, -0.05) is 26.0 Å². The molecule has 0 fully saturated rings. The molecular formula is C16H21F3N2. The van der Waals surface area contributed by atoms with Crippen LogP contribution in [-0.2, 0) is 13.1 Å². The van der Waals surface area contributed by atoms with Crippen LogP contribution in [0.2, 0.25) is 0 Å². The van der Waals surface area contributed by atoms with E-state index in [0.29, 0.717) is 5.92 Å². The summed E-state index contributed by atoms with van der Waals surface area (Å²) >= 11 is 0. The summed E-state index contributed by atoms with van der Waals surface area (Å²) in [7, 11) is 0. The van der Waals surface area contributed by atoms with Gasteiger partial charge in [-0.3, -0.25) is 0 Å². The van der Waals surface area contributed by atoms with E-state index in [0.717, 1.165) is 29.6 Å². The van der Waals surface area contributed by atoms with E-state index in [1.54, 1.807) is 10.8 Å². The second-order valence-corrected chi connectivity index (χ2v) is 5.75. The van der Waals surface area contributed by atoms with E-state index in [1.165, 1.54) is 0 Å². The Kier molecular flexibility index (Phi) is 4.93. The summed E-state index contributed by atoms with van der Waals surface area (Å²) in [6.45, 7) is 5.90. The van der Waals surface area contributed by atoms with Gasteiger partial charge in [0.05, 0.1) is 6.42 Å². The fourth-order valence-electron chi connectivity index (χ4n) is 2.38. The van der Waals surface area contributed by atoms with E-state index >= 15 is 0 Å². The fourth-order valence-corrected chi connectivity index (χ4v) is 2.38. The first-order valence-electron chi connectivity index (χ1n) is 7.21. The lowest BCUT2D eigenvalue weighted by atomic mass is 10.1. The average molecular weight is 298 g/mol. The summed E-state index contributed by atoms with van der Waals surface area (Å²) in [5.74, 6) is 0.570. The van der Waals surface area contributed by atoms with Crippen LogP contribution in [0, 0.1) is 5.92 Å². The molecule has 21 heavy (non-hydrogen) atoms. The maximum atomic E-state index is 12.3. The quantitative estimate of drug-likeness (QED) is 0.839. The highest BCUT2D eigenvalue weighted by atomic mass is 19.4. The number of benzene rings is 1. The van der Waals surface area contributed by atoms with Gasteiger partial charge in [0.15, 0.2) is 0 Å². The maximum absolute atomic E-state index is 12.3. The topological polar surface area (TPSA) is 17.0 Å². The number of fused-ring (bicyclic) bond motifs is 1. The zero-order valence-corrected chi connectivity index (χ0v) is 12.4. The predicted octanol–water partition coefficient (Wildman–Crippen LogP) is 4.34. The Balaban J connectivity index is 2.13. The molecule has 0 radical (unpaired) electrons. The SMILES string of the molecule is CC(C)CNCc1cccc2c1ccn2CCC(F)(F)F. The van der Waals surface area contributed by atoms with Crippen LogP contribution in [0.4, 0.5) is 13.2 Å². The van der Waals surface area contributed by atoms with E-state index in [2.05, 4.69) is 19.2 Å². The van der Waals surface area contributed by atoms with Gasteiger partial charge in [-0.25, -0.2) is 0 Å². The molecule has 0 bridgehead atoms. The van der Waals surface area contributed by atoms with Gasteiger partial charge in [-0.2, -0.15) is 13.2 Å². The summed E-state index contributed by atoms with van der Waals surface area (Å²) < 4.78 is 38.7. The monoisotopic (exact) mass is 298 g/mol. The van der Waals surface area contributed by atoms with Crippen LogP contribution >= 0.6 is 0 Å². The molecule has 1 aromatic carbocycles. The normalized spacial score (nSPS) is 12.5. The number of nitrogens with zero attached hydrogens (tertiary/aromatic N) is 1. The van der Waals surface area contributed by atoms with Gasteiger partial charge in [-0.15, -0.1) is 0 Å². The number of alkyl halides is 3. The number of aromatic nitrogens is 1. The Bertz CT molecular complexity index is 585. The fraction of sp³-hybridized carbons (Fsp3) is 0.500. The summed E-state index contributed by atoms with van der Waals surface area (Å²) in [4.78, 5) is 0. The van der Waals surface area contributed by atoms with Crippen LogP contribution in [0.25, 0.3) is 10.9 Å². The summed E-state index contributed by atoms with van der Waals surface area (Å²) in [6.07, 6.45) is -3.18. The van der Waals surface area contributed by atoms with Crippen molar-refractivity contribution in [2.24, 2.45) is 5.92 Å². The minimum absolute atomic E-state index is 0.0319. The molecule has 1 N–H and O–H groups in total. The Morgan fingerprint density at radius 2 is 1.95 bits per heavy atom. The van der Waals surface area contributed by atoms with Gasteiger partial charge in [0.25, 0.3) is 0 Å². The smallest absolute Gasteiger partial charge is 0.347 e. The first-order valence-corrected chi connectivity index (χ1v) is 7.21. The van der Waals surface area contributed by atoms with Gasteiger partial charge in [-0.05, 0) is 30.2 Å². The Labute approximate surface area is 122 Å². The van der Waals surface area contributed by atoms with Gasteiger partial charge >= 0.3 is 6.18 Å². The second kappa shape index (κ2) is 6.52. The molecular weight excluding hydrogens is 277 g/mol. The van der Waals surface area contributed by atoms with Gasteiger partial charge in [0, 0.05) is 30.2 Å². The van der Waals surface area contributed by atoms with E-state index in [9.17, 15) is 13.2 Å². The van der Waals surface area contributed by atoms with E-state index in [4.69, 9.17) is 0 Å².